The van der Waals surface area contributed by atoms with Gasteiger partial charge in [0.05, 0.1) is 24.9 Å². The minimum absolute atomic E-state index is 0.0813. The van der Waals surface area contributed by atoms with Crippen molar-refractivity contribution in [1.29, 1.82) is 0 Å². The van der Waals surface area contributed by atoms with Gasteiger partial charge in [-0.2, -0.15) is 0 Å². The molecule has 3 atom stereocenters. The molecule has 4 heterocycles. The SMILES string of the molecule is COc1ccc(Oc2ccc(N3C(=S)N[C@H](c4ccccn4)[C@@H]3c3cccn3C[C@H]3CCCO3)cc2)cc1. The highest BCUT2D eigenvalue weighted by Crippen LogP contribution is 2.42. The number of benzene rings is 2. The van der Waals surface area contributed by atoms with Gasteiger partial charge in [-0.1, -0.05) is 6.07 Å². The van der Waals surface area contributed by atoms with Gasteiger partial charge in [0.1, 0.15) is 23.3 Å². The minimum Gasteiger partial charge on any atom is -0.497 e. The number of methoxy groups -OCH3 is 1. The quantitative estimate of drug-likeness (QED) is 0.281. The molecule has 1 N–H and O–H groups in total. The molecular formula is C30H30N4O3S. The topological polar surface area (TPSA) is 60.8 Å². The number of nitrogens with one attached hydrogen (secondary N) is 1. The van der Waals surface area contributed by atoms with Gasteiger partial charge >= 0.3 is 0 Å². The smallest absolute Gasteiger partial charge is 0.174 e. The fourth-order valence-corrected chi connectivity index (χ4v) is 5.60. The molecule has 2 fully saturated rings. The average molecular weight is 527 g/mol. The monoisotopic (exact) mass is 526 g/mol. The molecule has 4 aromatic rings. The fraction of sp³-hybridized carbons (Fsp3) is 0.267. The molecule has 38 heavy (non-hydrogen) atoms. The first kappa shape index (κ1) is 24.5. The molecule has 2 aliphatic rings. The summed E-state index contributed by atoms with van der Waals surface area (Å²) in [5, 5.41) is 4.22. The molecule has 2 aliphatic heterocycles. The molecule has 0 unspecified atom stereocenters. The van der Waals surface area contributed by atoms with Crippen molar-refractivity contribution in [1.82, 2.24) is 14.9 Å². The van der Waals surface area contributed by atoms with Crippen LogP contribution in [0.25, 0.3) is 0 Å². The number of ether oxygens (including phenoxy) is 3. The summed E-state index contributed by atoms with van der Waals surface area (Å²) in [6.07, 6.45) is 6.40. The van der Waals surface area contributed by atoms with Crippen LogP contribution in [0.5, 0.6) is 17.2 Å². The zero-order valence-corrected chi connectivity index (χ0v) is 22.0. The van der Waals surface area contributed by atoms with Gasteiger partial charge in [0, 0.05) is 36.9 Å². The Hall–Kier alpha value is -3.88. The zero-order valence-electron chi connectivity index (χ0n) is 21.2. The van der Waals surface area contributed by atoms with Crippen molar-refractivity contribution in [3.8, 4) is 17.2 Å². The number of hydrogen-bond donors (Lipinski definition) is 1. The fourth-order valence-electron chi connectivity index (χ4n) is 5.26. The summed E-state index contributed by atoms with van der Waals surface area (Å²) in [5.41, 5.74) is 3.10. The number of nitrogens with zero attached hydrogens (tertiary/aromatic N) is 3. The predicted octanol–water partition coefficient (Wildman–Crippen LogP) is 6.04. The van der Waals surface area contributed by atoms with Gasteiger partial charge in [-0.25, -0.2) is 0 Å². The van der Waals surface area contributed by atoms with Crippen molar-refractivity contribution in [2.24, 2.45) is 0 Å². The van der Waals surface area contributed by atoms with E-state index in [1.54, 1.807) is 7.11 Å². The van der Waals surface area contributed by atoms with Gasteiger partial charge in [-0.15, -0.1) is 0 Å². The maximum absolute atomic E-state index is 6.05. The molecule has 6 rings (SSSR count). The van der Waals surface area contributed by atoms with Gasteiger partial charge in [0.15, 0.2) is 5.11 Å². The van der Waals surface area contributed by atoms with Crippen LogP contribution in [0, 0.1) is 0 Å². The lowest BCUT2D eigenvalue weighted by atomic mass is 10.0. The van der Waals surface area contributed by atoms with Crippen LogP contribution < -0.4 is 19.7 Å². The molecule has 2 aromatic heterocycles. The maximum atomic E-state index is 6.05. The standard InChI is InChI=1S/C30H30N4O3S/c1-35-22-13-15-24(16-14-22)37-23-11-9-21(10-12-23)34-29(28(32-30(34)38)26-7-2-3-17-31-26)27-8-4-18-33(27)20-25-6-5-19-36-25/h2-4,7-18,25,28-29H,5-6,19-20H2,1H3,(H,32,38)/t25-,28-,29+/m1/s1. The molecule has 0 saturated carbocycles. The summed E-state index contributed by atoms with van der Waals surface area (Å²) in [6.45, 7) is 1.66. The van der Waals surface area contributed by atoms with Crippen LogP contribution in [0.3, 0.4) is 0 Å². The zero-order chi connectivity index (χ0) is 25.9. The van der Waals surface area contributed by atoms with Gasteiger partial charge in [-0.3, -0.25) is 4.98 Å². The first-order valence-electron chi connectivity index (χ1n) is 12.9. The Labute approximate surface area is 228 Å². The number of pyridine rings is 1. The summed E-state index contributed by atoms with van der Waals surface area (Å²) in [4.78, 5) is 6.87. The van der Waals surface area contributed by atoms with E-state index < -0.39 is 0 Å². The second kappa shape index (κ2) is 10.8. The van der Waals surface area contributed by atoms with Gasteiger partial charge in [0.2, 0.25) is 0 Å². The van der Waals surface area contributed by atoms with Gasteiger partial charge in [0.25, 0.3) is 0 Å². The second-order valence-electron chi connectivity index (χ2n) is 9.49. The van der Waals surface area contributed by atoms with Crippen LogP contribution in [0.4, 0.5) is 5.69 Å². The van der Waals surface area contributed by atoms with Crippen molar-refractivity contribution in [2.45, 2.75) is 37.6 Å². The van der Waals surface area contributed by atoms with E-state index in [0.29, 0.717) is 5.11 Å². The summed E-state index contributed by atoms with van der Waals surface area (Å²) in [7, 11) is 1.65. The Morgan fingerprint density at radius 2 is 1.74 bits per heavy atom. The molecule has 8 heteroatoms. The number of rotatable bonds is 8. The second-order valence-corrected chi connectivity index (χ2v) is 9.88. The highest BCUT2D eigenvalue weighted by molar-refractivity contribution is 7.80. The van der Waals surface area contributed by atoms with E-state index in [9.17, 15) is 0 Å². The third kappa shape index (κ3) is 4.97. The Kier molecular flexibility index (Phi) is 6.98. The van der Waals surface area contributed by atoms with Gasteiger partial charge < -0.3 is 29.0 Å². The molecule has 7 nitrogen and oxygen atoms in total. The minimum atomic E-state index is -0.0999. The van der Waals surface area contributed by atoms with E-state index in [4.69, 9.17) is 26.4 Å². The number of anilines is 1. The predicted molar refractivity (Wildman–Crippen MR) is 151 cm³/mol. The summed E-state index contributed by atoms with van der Waals surface area (Å²) in [6, 6.07) is 25.7. The molecule has 0 spiro atoms. The highest BCUT2D eigenvalue weighted by atomic mass is 32.1. The Balaban J connectivity index is 1.31. The van der Waals surface area contributed by atoms with Crippen molar-refractivity contribution in [3.05, 3.63) is 103 Å². The van der Waals surface area contributed by atoms with Crippen molar-refractivity contribution < 1.29 is 14.2 Å². The van der Waals surface area contributed by atoms with Crippen molar-refractivity contribution in [2.75, 3.05) is 18.6 Å². The Bertz CT molecular complexity index is 1370. The van der Waals surface area contributed by atoms with E-state index in [1.165, 1.54) is 5.69 Å². The lowest BCUT2D eigenvalue weighted by Crippen LogP contribution is -2.31. The highest BCUT2D eigenvalue weighted by Gasteiger charge is 2.42. The largest absolute Gasteiger partial charge is 0.497 e. The molecule has 0 amide bonds. The third-order valence-corrected chi connectivity index (χ3v) is 7.41. The normalized spacial score (nSPS) is 20.9. The van der Waals surface area contributed by atoms with Crippen molar-refractivity contribution in [3.63, 3.8) is 0 Å². The van der Waals surface area contributed by atoms with Gasteiger partial charge in [-0.05, 0) is 97.9 Å². The van der Waals surface area contributed by atoms with E-state index in [2.05, 4.69) is 44.2 Å². The van der Waals surface area contributed by atoms with Crippen LogP contribution in [0.2, 0.25) is 0 Å². The first-order valence-corrected chi connectivity index (χ1v) is 13.3. The van der Waals surface area contributed by atoms with Crippen LogP contribution in [-0.2, 0) is 11.3 Å². The molecule has 2 aromatic carbocycles. The summed E-state index contributed by atoms with van der Waals surface area (Å²) >= 11 is 5.91. The van der Waals surface area contributed by atoms with E-state index >= 15 is 0 Å². The molecule has 194 valence electrons. The van der Waals surface area contributed by atoms with Crippen LogP contribution in [0.1, 0.15) is 36.3 Å². The Morgan fingerprint density at radius 1 is 0.974 bits per heavy atom. The molecule has 0 radical (unpaired) electrons. The van der Waals surface area contributed by atoms with E-state index in [-0.39, 0.29) is 18.2 Å². The molecular weight excluding hydrogens is 496 g/mol. The molecule has 0 bridgehead atoms. The number of aromatic nitrogens is 2. The van der Waals surface area contributed by atoms with Crippen molar-refractivity contribution >= 4 is 23.0 Å². The maximum Gasteiger partial charge on any atom is 0.174 e. The lowest BCUT2D eigenvalue weighted by Gasteiger charge is -2.29. The third-order valence-electron chi connectivity index (χ3n) is 7.10. The van der Waals surface area contributed by atoms with Crippen LogP contribution in [-0.4, -0.2) is 34.5 Å². The van der Waals surface area contributed by atoms with E-state index in [1.807, 2.05) is 66.9 Å². The lowest BCUT2D eigenvalue weighted by molar-refractivity contribution is 0.0961. The molecule has 2 saturated heterocycles. The number of hydrogen-bond acceptors (Lipinski definition) is 5. The van der Waals surface area contributed by atoms with E-state index in [0.717, 1.165) is 54.6 Å². The summed E-state index contributed by atoms with van der Waals surface area (Å²) in [5.74, 6) is 2.29. The molecule has 0 aliphatic carbocycles. The number of thiocarbonyl (C=S) groups is 1. The first-order chi connectivity index (χ1) is 18.7. The average Bonchev–Trinajstić information content (AvgIpc) is 3.71. The summed E-state index contributed by atoms with van der Waals surface area (Å²) < 4.78 is 19.6. The van der Waals surface area contributed by atoms with Crippen LogP contribution in [0.15, 0.2) is 91.3 Å². The van der Waals surface area contributed by atoms with Crippen LogP contribution >= 0.6 is 12.2 Å². The Morgan fingerprint density at radius 3 is 2.42 bits per heavy atom.